The SMILES string of the molecule is COc1cccc(/C=C2\Cc3ccccc3C2=O)c1. The van der Waals surface area contributed by atoms with Crippen molar-refractivity contribution in [3.63, 3.8) is 0 Å². The molecule has 0 N–H and O–H groups in total. The van der Waals surface area contributed by atoms with Crippen LogP contribution in [0.25, 0.3) is 6.08 Å². The van der Waals surface area contributed by atoms with Crippen LogP contribution >= 0.6 is 0 Å². The molecule has 0 amide bonds. The topological polar surface area (TPSA) is 26.3 Å². The highest BCUT2D eigenvalue weighted by Crippen LogP contribution is 2.28. The minimum atomic E-state index is 0.137. The third-order valence-corrected chi connectivity index (χ3v) is 3.37. The van der Waals surface area contributed by atoms with Crippen molar-refractivity contribution in [1.82, 2.24) is 0 Å². The van der Waals surface area contributed by atoms with Crippen LogP contribution in [0, 0.1) is 0 Å². The molecule has 0 unspecified atom stereocenters. The van der Waals surface area contributed by atoms with Crippen LogP contribution in [0.15, 0.2) is 54.1 Å². The fourth-order valence-corrected chi connectivity index (χ4v) is 2.40. The lowest BCUT2D eigenvalue weighted by molar-refractivity contribution is 0.104. The predicted octanol–water partition coefficient (Wildman–Crippen LogP) is 3.52. The second kappa shape index (κ2) is 4.73. The predicted molar refractivity (Wildman–Crippen MR) is 75.4 cm³/mol. The number of ketones is 1. The molecule has 1 aliphatic carbocycles. The minimum absolute atomic E-state index is 0.137. The maximum Gasteiger partial charge on any atom is 0.189 e. The maximum absolute atomic E-state index is 12.3. The molecule has 0 saturated carbocycles. The number of hydrogen-bond acceptors (Lipinski definition) is 2. The first-order valence-corrected chi connectivity index (χ1v) is 6.25. The summed E-state index contributed by atoms with van der Waals surface area (Å²) in [5, 5.41) is 0. The number of ether oxygens (including phenoxy) is 1. The number of methoxy groups -OCH3 is 1. The first-order chi connectivity index (χ1) is 9.28. The van der Waals surface area contributed by atoms with Gasteiger partial charge in [0.1, 0.15) is 5.75 Å². The van der Waals surface area contributed by atoms with E-state index in [1.165, 1.54) is 0 Å². The maximum atomic E-state index is 12.3. The number of benzene rings is 2. The van der Waals surface area contributed by atoms with Crippen molar-refractivity contribution in [3.05, 3.63) is 70.8 Å². The van der Waals surface area contributed by atoms with Crippen molar-refractivity contribution in [2.24, 2.45) is 0 Å². The Labute approximate surface area is 112 Å². The molecule has 19 heavy (non-hydrogen) atoms. The molecular weight excluding hydrogens is 236 g/mol. The zero-order valence-corrected chi connectivity index (χ0v) is 10.7. The summed E-state index contributed by atoms with van der Waals surface area (Å²) < 4.78 is 5.19. The highest BCUT2D eigenvalue weighted by Gasteiger charge is 2.23. The van der Waals surface area contributed by atoms with Gasteiger partial charge in [0.15, 0.2) is 5.78 Å². The van der Waals surface area contributed by atoms with Crippen LogP contribution in [0.3, 0.4) is 0 Å². The van der Waals surface area contributed by atoms with Crippen molar-refractivity contribution in [1.29, 1.82) is 0 Å². The lowest BCUT2D eigenvalue weighted by atomic mass is 10.1. The van der Waals surface area contributed by atoms with Gasteiger partial charge in [0.2, 0.25) is 0 Å². The van der Waals surface area contributed by atoms with Gasteiger partial charge in [-0.3, -0.25) is 4.79 Å². The first-order valence-electron chi connectivity index (χ1n) is 6.25. The Kier molecular flexibility index (Phi) is 2.92. The molecule has 0 aliphatic heterocycles. The molecule has 2 aromatic rings. The Bertz CT molecular complexity index is 668. The monoisotopic (exact) mass is 250 g/mol. The van der Waals surface area contributed by atoms with Crippen LogP contribution in [-0.2, 0) is 6.42 Å². The Morgan fingerprint density at radius 1 is 1.11 bits per heavy atom. The van der Waals surface area contributed by atoms with E-state index in [0.717, 1.165) is 28.0 Å². The quantitative estimate of drug-likeness (QED) is 0.762. The molecule has 0 bridgehead atoms. The molecular formula is C17H14O2. The largest absolute Gasteiger partial charge is 0.497 e. The second-order valence-electron chi connectivity index (χ2n) is 4.61. The molecule has 0 aromatic heterocycles. The van der Waals surface area contributed by atoms with E-state index in [0.29, 0.717) is 6.42 Å². The van der Waals surface area contributed by atoms with E-state index in [-0.39, 0.29) is 5.78 Å². The minimum Gasteiger partial charge on any atom is -0.497 e. The number of carbonyl (C=O) groups excluding carboxylic acids is 1. The zero-order valence-electron chi connectivity index (χ0n) is 10.7. The smallest absolute Gasteiger partial charge is 0.189 e. The molecule has 0 radical (unpaired) electrons. The summed E-state index contributed by atoms with van der Waals surface area (Å²) in [4.78, 5) is 12.3. The van der Waals surface area contributed by atoms with E-state index in [1.54, 1.807) is 7.11 Å². The van der Waals surface area contributed by atoms with Gasteiger partial charge < -0.3 is 4.74 Å². The standard InChI is InChI=1S/C17H14O2/c1-19-15-7-4-5-12(10-15)9-14-11-13-6-2-3-8-16(13)17(14)18/h2-10H,11H2,1H3/b14-9+. The first kappa shape index (κ1) is 11.7. The number of hydrogen-bond donors (Lipinski definition) is 0. The van der Waals surface area contributed by atoms with Gasteiger partial charge in [-0.25, -0.2) is 0 Å². The average Bonchev–Trinajstić information content (AvgIpc) is 2.76. The van der Waals surface area contributed by atoms with E-state index in [2.05, 4.69) is 0 Å². The van der Waals surface area contributed by atoms with Crippen molar-refractivity contribution in [2.45, 2.75) is 6.42 Å². The molecule has 94 valence electrons. The summed E-state index contributed by atoms with van der Waals surface area (Å²) >= 11 is 0. The average molecular weight is 250 g/mol. The van der Waals surface area contributed by atoms with Crippen LogP contribution in [0.5, 0.6) is 5.75 Å². The van der Waals surface area contributed by atoms with Crippen molar-refractivity contribution in [3.8, 4) is 5.75 Å². The molecule has 0 saturated heterocycles. The van der Waals surface area contributed by atoms with Gasteiger partial charge in [-0.2, -0.15) is 0 Å². The molecule has 2 nitrogen and oxygen atoms in total. The van der Waals surface area contributed by atoms with Gasteiger partial charge in [0.05, 0.1) is 7.11 Å². The van der Waals surface area contributed by atoms with Crippen molar-refractivity contribution >= 4 is 11.9 Å². The fraction of sp³-hybridized carbons (Fsp3) is 0.118. The summed E-state index contributed by atoms with van der Waals surface area (Å²) in [6.45, 7) is 0. The highest BCUT2D eigenvalue weighted by atomic mass is 16.5. The summed E-state index contributed by atoms with van der Waals surface area (Å²) in [6, 6.07) is 15.5. The van der Waals surface area contributed by atoms with E-state index < -0.39 is 0 Å². The summed E-state index contributed by atoms with van der Waals surface area (Å²) in [5.74, 6) is 0.940. The third kappa shape index (κ3) is 2.17. The summed E-state index contributed by atoms with van der Waals surface area (Å²) in [5.41, 5.74) is 3.78. The van der Waals surface area contributed by atoms with Crippen molar-refractivity contribution < 1.29 is 9.53 Å². The third-order valence-electron chi connectivity index (χ3n) is 3.37. The second-order valence-corrected chi connectivity index (χ2v) is 4.61. The Hall–Kier alpha value is -2.35. The van der Waals surface area contributed by atoms with Gasteiger partial charge >= 0.3 is 0 Å². The Balaban J connectivity index is 1.96. The lowest BCUT2D eigenvalue weighted by Crippen LogP contribution is -1.95. The molecule has 0 heterocycles. The molecule has 0 atom stereocenters. The molecule has 1 aliphatic rings. The summed E-state index contributed by atoms with van der Waals surface area (Å²) in [7, 11) is 1.64. The molecule has 0 spiro atoms. The number of Topliss-reactive ketones (excluding diaryl/α,β-unsaturated/α-hetero) is 1. The number of fused-ring (bicyclic) bond motifs is 1. The van der Waals surface area contributed by atoms with Crippen LogP contribution < -0.4 is 4.74 Å². The number of carbonyl (C=O) groups is 1. The van der Waals surface area contributed by atoms with Gasteiger partial charge in [0.25, 0.3) is 0 Å². The van der Waals surface area contributed by atoms with Crippen LogP contribution in [0.4, 0.5) is 0 Å². The van der Waals surface area contributed by atoms with Gasteiger partial charge in [-0.05, 0) is 29.3 Å². The Morgan fingerprint density at radius 3 is 2.74 bits per heavy atom. The normalized spacial score (nSPS) is 15.6. The van der Waals surface area contributed by atoms with E-state index in [9.17, 15) is 4.79 Å². The zero-order chi connectivity index (χ0) is 13.2. The molecule has 3 rings (SSSR count). The van der Waals surface area contributed by atoms with Crippen molar-refractivity contribution in [2.75, 3.05) is 7.11 Å². The fourth-order valence-electron chi connectivity index (χ4n) is 2.40. The molecule has 2 heteroatoms. The van der Waals surface area contributed by atoms with Crippen LogP contribution in [0.2, 0.25) is 0 Å². The number of allylic oxidation sites excluding steroid dienone is 1. The Morgan fingerprint density at radius 2 is 1.95 bits per heavy atom. The van der Waals surface area contributed by atoms with Gasteiger partial charge in [-0.15, -0.1) is 0 Å². The summed E-state index contributed by atoms with van der Waals surface area (Å²) in [6.07, 6.45) is 2.66. The van der Waals surface area contributed by atoms with Crippen LogP contribution in [-0.4, -0.2) is 12.9 Å². The van der Waals surface area contributed by atoms with E-state index in [1.807, 2.05) is 54.6 Å². The highest BCUT2D eigenvalue weighted by molar-refractivity contribution is 6.15. The number of rotatable bonds is 2. The molecule has 2 aromatic carbocycles. The van der Waals surface area contributed by atoms with E-state index >= 15 is 0 Å². The lowest BCUT2D eigenvalue weighted by Gasteiger charge is -2.01. The molecule has 0 fully saturated rings. The van der Waals surface area contributed by atoms with Crippen LogP contribution in [0.1, 0.15) is 21.5 Å². The van der Waals surface area contributed by atoms with E-state index in [4.69, 9.17) is 4.74 Å². The van der Waals surface area contributed by atoms with Gasteiger partial charge in [0, 0.05) is 17.6 Å². The van der Waals surface area contributed by atoms with Gasteiger partial charge in [-0.1, -0.05) is 36.4 Å².